The Labute approximate surface area is 172 Å². The summed E-state index contributed by atoms with van der Waals surface area (Å²) in [5, 5.41) is 9.62. The van der Waals surface area contributed by atoms with Crippen LogP contribution < -0.4 is 4.74 Å². The quantitative estimate of drug-likeness (QED) is 0.412. The van der Waals surface area contributed by atoms with Crippen LogP contribution in [0.3, 0.4) is 0 Å². The van der Waals surface area contributed by atoms with E-state index in [0.717, 1.165) is 6.07 Å². The van der Waals surface area contributed by atoms with Gasteiger partial charge in [-0.2, -0.15) is 5.26 Å². The number of hydrogen-bond donors (Lipinski definition) is 0. The van der Waals surface area contributed by atoms with Gasteiger partial charge in [-0.25, -0.2) is 13.0 Å². The second-order valence-corrected chi connectivity index (χ2v) is 8.84. The van der Waals surface area contributed by atoms with Gasteiger partial charge in [-0.3, -0.25) is 3.97 Å². The van der Waals surface area contributed by atoms with Crippen LogP contribution in [0.4, 0.5) is 8.78 Å². The molecule has 0 bridgehead atoms. The van der Waals surface area contributed by atoms with Crippen molar-refractivity contribution in [3.05, 3.63) is 89.6 Å². The van der Waals surface area contributed by atoms with Gasteiger partial charge >= 0.3 is 0 Å². The maximum Gasteiger partial charge on any atom is 0.168 e. The van der Waals surface area contributed by atoms with Crippen molar-refractivity contribution in [1.29, 1.82) is 5.26 Å². The lowest BCUT2D eigenvalue weighted by atomic mass is 10.1. The molecule has 30 heavy (non-hydrogen) atoms. The molecule has 4 rings (SSSR count). The van der Waals surface area contributed by atoms with Crippen LogP contribution in [0.1, 0.15) is 11.1 Å². The van der Waals surface area contributed by atoms with E-state index in [2.05, 4.69) is 5.87 Å². The molecule has 0 aliphatic rings. The second-order valence-electron chi connectivity index (χ2n) is 6.70. The molecule has 0 spiro atoms. The largest absolute Gasteiger partial charge is 0.454 e. The molecule has 1 heterocycles. The van der Waals surface area contributed by atoms with E-state index < -0.39 is 21.3 Å². The molecule has 0 radical (unpaired) electrons. The predicted octanol–water partition coefficient (Wildman–Crippen LogP) is 5.43. The van der Waals surface area contributed by atoms with E-state index >= 15 is 0 Å². The molecule has 4 aromatic rings. The number of rotatable bonds is 4. The van der Waals surface area contributed by atoms with Crippen molar-refractivity contribution in [2.75, 3.05) is 0 Å². The number of nitriles is 1. The highest BCUT2D eigenvalue weighted by Crippen LogP contribution is 2.36. The topological polar surface area (TPSA) is 55.0 Å². The van der Waals surface area contributed by atoms with E-state index in [1.807, 2.05) is 6.07 Å². The first-order chi connectivity index (χ1) is 14.3. The van der Waals surface area contributed by atoms with E-state index in [4.69, 9.17) is 10.00 Å². The Bertz CT molecular complexity index is 1420. The molecular formula is C23H16F2N2O2S. The average molecular weight is 422 g/mol. The van der Waals surface area contributed by atoms with E-state index in [1.54, 1.807) is 49.5 Å². The van der Waals surface area contributed by atoms with Crippen molar-refractivity contribution in [3.63, 3.8) is 0 Å². The number of benzene rings is 3. The summed E-state index contributed by atoms with van der Waals surface area (Å²) in [4.78, 5) is 0.524. The van der Waals surface area contributed by atoms with Crippen LogP contribution in [-0.4, -0.2) is 14.1 Å². The van der Waals surface area contributed by atoms with Crippen molar-refractivity contribution < 1.29 is 17.7 Å². The fourth-order valence-corrected chi connectivity index (χ4v) is 4.81. The zero-order valence-corrected chi connectivity index (χ0v) is 16.7. The molecule has 4 nitrogen and oxygen atoms in total. The molecule has 0 aliphatic heterocycles. The number of aromatic nitrogens is 1. The molecule has 0 aliphatic carbocycles. The van der Waals surface area contributed by atoms with Gasteiger partial charge in [-0.15, -0.1) is 0 Å². The van der Waals surface area contributed by atoms with Gasteiger partial charge in [0.2, 0.25) is 0 Å². The Morgan fingerprint density at radius 3 is 2.50 bits per heavy atom. The van der Waals surface area contributed by atoms with Crippen molar-refractivity contribution >= 4 is 26.5 Å². The maximum atomic E-state index is 15.0. The lowest BCUT2D eigenvalue weighted by Crippen LogP contribution is -2.11. The Hall–Kier alpha value is -3.63. The van der Waals surface area contributed by atoms with Crippen molar-refractivity contribution in [2.24, 2.45) is 0 Å². The van der Waals surface area contributed by atoms with Gasteiger partial charge in [0.25, 0.3) is 0 Å². The average Bonchev–Trinajstić information content (AvgIpc) is 3.17. The number of aryl methyl sites for hydroxylation is 1. The van der Waals surface area contributed by atoms with Gasteiger partial charge in [0, 0.05) is 34.2 Å². The van der Waals surface area contributed by atoms with Crippen molar-refractivity contribution in [1.82, 2.24) is 3.97 Å². The summed E-state index contributed by atoms with van der Waals surface area (Å²) >= 11 is 0. The summed E-state index contributed by atoms with van der Waals surface area (Å²) in [5.74, 6) is 2.61. The zero-order valence-electron chi connectivity index (χ0n) is 15.9. The Morgan fingerprint density at radius 1 is 1.07 bits per heavy atom. The first kappa shape index (κ1) is 19.7. The van der Waals surface area contributed by atoms with E-state index in [-0.39, 0.29) is 17.1 Å². The third kappa shape index (κ3) is 3.21. The molecule has 1 aromatic heterocycles. The summed E-state index contributed by atoms with van der Waals surface area (Å²) in [6.07, 6.45) is 1.61. The number of fused-ring (bicyclic) bond motifs is 1. The van der Waals surface area contributed by atoms with Crippen molar-refractivity contribution in [3.8, 4) is 17.6 Å². The van der Waals surface area contributed by atoms with Crippen LogP contribution in [0, 0.1) is 29.9 Å². The SMILES string of the molecule is C=S(=O)(c1ccccc1)n1ccc2c(C)c(Oc3ccc(F)c(C#N)c3)c(F)cc21. The summed E-state index contributed by atoms with van der Waals surface area (Å²) in [7, 11) is -2.91. The first-order valence-corrected chi connectivity index (χ1v) is 10.6. The smallest absolute Gasteiger partial charge is 0.168 e. The van der Waals surface area contributed by atoms with Gasteiger partial charge in [0.05, 0.1) is 20.8 Å². The molecule has 1 atom stereocenters. The molecule has 0 N–H and O–H groups in total. The number of hydrogen-bond acceptors (Lipinski definition) is 3. The summed E-state index contributed by atoms with van der Waals surface area (Å²) in [5.41, 5.74) is 0.699. The number of nitrogens with zero attached hydrogens (tertiary/aromatic N) is 2. The minimum absolute atomic E-state index is 0.0500. The molecule has 0 amide bonds. The van der Waals surface area contributed by atoms with Gasteiger partial charge < -0.3 is 4.74 Å². The Kier molecular flexibility index (Phi) is 4.80. The lowest BCUT2D eigenvalue weighted by Gasteiger charge is -2.15. The fourth-order valence-electron chi connectivity index (χ4n) is 3.27. The highest BCUT2D eigenvalue weighted by Gasteiger charge is 2.19. The van der Waals surface area contributed by atoms with Gasteiger partial charge in [-0.05, 0) is 43.1 Å². The Morgan fingerprint density at radius 2 is 1.80 bits per heavy atom. The van der Waals surface area contributed by atoms with Crippen molar-refractivity contribution in [2.45, 2.75) is 11.8 Å². The Balaban J connectivity index is 1.82. The van der Waals surface area contributed by atoms with Gasteiger partial charge in [-0.1, -0.05) is 18.2 Å². The molecule has 0 fully saturated rings. The highest BCUT2D eigenvalue weighted by atomic mass is 32.2. The molecular weight excluding hydrogens is 406 g/mol. The lowest BCUT2D eigenvalue weighted by molar-refractivity contribution is 0.438. The third-order valence-corrected chi connectivity index (χ3v) is 6.79. The summed E-state index contributed by atoms with van der Waals surface area (Å²) < 4.78 is 49.0. The second kappa shape index (κ2) is 7.32. The predicted molar refractivity (Wildman–Crippen MR) is 113 cm³/mol. The summed E-state index contributed by atoms with van der Waals surface area (Å²) in [6.45, 7) is 1.67. The first-order valence-electron chi connectivity index (χ1n) is 8.93. The molecule has 0 saturated heterocycles. The molecule has 7 heteroatoms. The number of ether oxygens (including phenoxy) is 1. The van der Waals surface area contributed by atoms with Crippen LogP contribution in [-0.2, 0) is 9.71 Å². The summed E-state index contributed by atoms with van der Waals surface area (Å²) in [6, 6.07) is 17.1. The van der Waals surface area contributed by atoms with Crippen LogP contribution >= 0.6 is 0 Å². The molecule has 0 saturated carbocycles. The van der Waals surface area contributed by atoms with E-state index in [1.165, 1.54) is 22.2 Å². The fraction of sp³-hybridized carbons (Fsp3) is 0.0435. The monoisotopic (exact) mass is 422 g/mol. The minimum Gasteiger partial charge on any atom is -0.454 e. The minimum atomic E-state index is -2.91. The van der Waals surface area contributed by atoms with Gasteiger partial charge in [0.15, 0.2) is 11.6 Å². The van der Waals surface area contributed by atoms with Crippen LogP contribution in [0.15, 0.2) is 71.8 Å². The highest BCUT2D eigenvalue weighted by molar-refractivity contribution is 7.99. The van der Waals surface area contributed by atoms with E-state index in [0.29, 0.717) is 21.4 Å². The third-order valence-electron chi connectivity index (χ3n) is 4.82. The van der Waals surface area contributed by atoms with Crippen LogP contribution in [0.5, 0.6) is 11.5 Å². The van der Waals surface area contributed by atoms with Crippen LogP contribution in [0.25, 0.3) is 10.9 Å². The normalized spacial score (nSPS) is 13.0. The van der Waals surface area contributed by atoms with Gasteiger partial charge in [0.1, 0.15) is 17.6 Å². The standard InChI is InChI=1S/C23H16F2N2O2S/c1-15-19-10-11-27(30(2,28)18-6-4-3-5-7-18)22(19)13-21(25)23(15)29-17-8-9-20(24)16(12-17)14-26/h3-13H,2H2,1H3. The molecule has 150 valence electrons. The zero-order chi connectivity index (χ0) is 21.5. The molecule has 1 unspecified atom stereocenters. The van der Waals surface area contributed by atoms with E-state index in [9.17, 15) is 13.0 Å². The molecule has 3 aromatic carbocycles. The number of halogens is 2. The van der Waals surface area contributed by atoms with Crippen LogP contribution in [0.2, 0.25) is 0 Å². The maximum absolute atomic E-state index is 15.0.